The second kappa shape index (κ2) is 5.39. The topological polar surface area (TPSA) is 51.0 Å². The zero-order valence-corrected chi connectivity index (χ0v) is 11.2. The van der Waals surface area contributed by atoms with Crippen LogP contribution in [0.15, 0.2) is 4.52 Å². The van der Waals surface area contributed by atoms with Crippen LogP contribution in [0.4, 0.5) is 0 Å². The number of hydrogen-bond donors (Lipinski definition) is 1. The summed E-state index contributed by atoms with van der Waals surface area (Å²) >= 11 is 0. The van der Waals surface area contributed by atoms with Crippen LogP contribution in [0.5, 0.6) is 0 Å². The fourth-order valence-corrected chi connectivity index (χ4v) is 3.06. The lowest BCUT2D eigenvalue weighted by atomic mass is 10.1. The van der Waals surface area contributed by atoms with Crippen molar-refractivity contribution in [3.05, 3.63) is 11.7 Å². The number of rotatable bonds is 6. The number of nitrogens with zero attached hydrogens (tertiary/aromatic N) is 2. The molecule has 1 aromatic rings. The quantitative estimate of drug-likeness (QED) is 0.842. The third-order valence-corrected chi connectivity index (χ3v) is 4.26. The van der Waals surface area contributed by atoms with E-state index >= 15 is 0 Å². The summed E-state index contributed by atoms with van der Waals surface area (Å²) in [5, 5.41) is 7.72. The molecule has 0 bridgehead atoms. The minimum Gasteiger partial charge on any atom is -0.339 e. The molecule has 1 N–H and O–H groups in total. The van der Waals surface area contributed by atoms with E-state index in [0.717, 1.165) is 30.6 Å². The maximum Gasteiger partial charge on any atom is 0.228 e. The molecule has 1 unspecified atom stereocenters. The lowest BCUT2D eigenvalue weighted by molar-refractivity contribution is 0.343. The second-order valence-corrected chi connectivity index (χ2v) is 5.73. The standard InChI is InChI=1S/C14H23N3O/c1-2-15-12(10-7-8-10)9-13-16-14(17-18-13)11-5-3-4-6-11/h10-12,15H,2-9H2,1H3. The van der Waals surface area contributed by atoms with Crippen LogP contribution in [-0.2, 0) is 6.42 Å². The van der Waals surface area contributed by atoms with Crippen LogP contribution < -0.4 is 5.32 Å². The molecule has 3 rings (SSSR count). The van der Waals surface area contributed by atoms with Crippen molar-refractivity contribution in [3.8, 4) is 0 Å². The van der Waals surface area contributed by atoms with Gasteiger partial charge in [-0.3, -0.25) is 0 Å². The van der Waals surface area contributed by atoms with Gasteiger partial charge in [-0.25, -0.2) is 0 Å². The van der Waals surface area contributed by atoms with Crippen LogP contribution >= 0.6 is 0 Å². The highest BCUT2D eigenvalue weighted by Crippen LogP contribution is 2.35. The molecule has 0 aromatic carbocycles. The number of hydrogen-bond acceptors (Lipinski definition) is 4. The summed E-state index contributed by atoms with van der Waals surface area (Å²) in [6, 6.07) is 0.534. The largest absolute Gasteiger partial charge is 0.339 e. The molecule has 1 aromatic heterocycles. The van der Waals surface area contributed by atoms with Crippen molar-refractivity contribution in [3.63, 3.8) is 0 Å². The molecule has 4 heteroatoms. The minimum atomic E-state index is 0.534. The SMILES string of the molecule is CCNC(Cc1nc(C2CCCC2)no1)C1CC1. The summed E-state index contributed by atoms with van der Waals surface area (Å²) in [6.45, 7) is 3.18. The summed E-state index contributed by atoms with van der Waals surface area (Å²) < 4.78 is 5.43. The van der Waals surface area contributed by atoms with E-state index in [4.69, 9.17) is 4.52 Å². The first-order chi connectivity index (χ1) is 8.86. The van der Waals surface area contributed by atoms with Gasteiger partial charge in [-0.05, 0) is 38.1 Å². The summed E-state index contributed by atoms with van der Waals surface area (Å²) in [5.74, 6) is 3.16. The fourth-order valence-electron chi connectivity index (χ4n) is 3.06. The Labute approximate surface area is 109 Å². The molecule has 18 heavy (non-hydrogen) atoms. The average molecular weight is 249 g/mol. The van der Waals surface area contributed by atoms with Crippen molar-refractivity contribution < 1.29 is 4.52 Å². The predicted octanol–water partition coefficient (Wildman–Crippen LogP) is 2.66. The van der Waals surface area contributed by atoms with E-state index in [-0.39, 0.29) is 0 Å². The number of aromatic nitrogens is 2. The maximum atomic E-state index is 5.43. The minimum absolute atomic E-state index is 0.534. The molecule has 0 radical (unpaired) electrons. The Morgan fingerprint density at radius 2 is 2.06 bits per heavy atom. The third kappa shape index (κ3) is 2.74. The monoisotopic (exact) mass is 249 g/mol. The van der Waals surface area contributed by atoms with Crippen molar-refractivity contribution in [2.75, 3.05) is 6.54 Å². The number of likely N-dealkylation sites (N-methyl/N-ethyl adjacent to an activating group) is 1. The lowest BCUT2D eigenvalue weighted by Crippen LogP contribution is -2.33. The van der Waals surface area contributed by atoms with E-state index in [1.807, 2.05) is 0 Å². The van der Waals surface area contributed by atoms with E-state index in [1.54, 1.807) is 0 Å². The first-order valence-electron chi connectivity index (χ1n) is 7.42. The molecule has 0 spiro atoms. The van der Waals surface area contributed by atoms with Crippen molar-refractivity contribution in [2.45, 2.75) is 63.8 Å². The molecule has 0 aliphatic heterocycles. The summed E-state index contributed by atoms with van der Waals surface area (Å²) in [5.41, 5.74) is 0. The molecule has 0 amide bonds. The highest BCUT2D eigenvalue weighted by molar-refractivity contribution is 5.00. The fraction of sp³-hybridized carbons (Fsp3) is 0.857. The van der Waals surface area contributed by atoms with Crippen LogP contribution in [0, 0.1) is 5.92 Å². The highest BCUT2D eigenvalue weighted by Gasteiger charge is 2.32. The summed E-state index contributed by atoms with van der Waals surface area (Å²) in [4.78, 5) is 4.61. The molecule has 100 valence electrons. The Morgan fingerprint density at radius 3 is 2.72 bits per heavy atom. The predicted molar refractivity (Wildman–Crippen MR) is 69.4 cm³/mol. The van der Waals surface area contributed by atoms with Crippen LogP contribution in [0.2, 0.25) is 0 Å². The van der Waals surface area contributed by atoms with Gasteiger partial charge in [0.2, 0.25) is 5.89 Å². The highest BCUT2D eigenvalue weighted by atomic mass is 16.5. The van der Waals surface area contributed by atoms with Gasteiger partial charge in [0.25, 0.3) is 0 Å². The number of nitrogens with one attached hydrogen (secondary N) is 1. The van der Waals surface area contributed by atoms with Crippen LogP contribution in [0.3, 0.4) is 0 Å². The van der Waals surface area contributed by atoms with Crippen LogP contribution in [0.1, 0.15) is 63.1 Å². The first kappa shape index (κ1) is 12.2. The zero-order valence-electron chi connectivity index (χ0n) is 11.2. The van der Waals surface area contributed by atoms with Gasteiger partial charge in [-0.1, -0.05) is 24.9 Å². The van der Waals surface area contributed by atoms with E-state index in [2.05, 4.69) is 22.4 Å². The van der Waals surface area contributed by atoms with Crippen molar-refractivity contribution >= 4 is 0 Å². The zero-order chi connectivity index (χ0) is 12.4. The molecule has 1 atom stereocenters. The molecular formula is C14H23N3O. The van der Waals surface area contributed by atoms with E-state index in [9.17, 15) is 0 Å². The van der Waals surface area contributed by atoms with Crippen molar-refractivity contribution in [2.24, 2.45) is 5.92 Å². The molecule has 1 heterocycles. The normalized spacial score (nSPS) is 22.5. The molecule has 2 fully saturated rings. The van der Waals surface area contributed by atoms with Gasteiger partial charge in [0.15, 0.2) is 5.82 Å². The third-order valence-electron chi connectivity index (χ3n) is 4.26. The Bertz CT molecular complexity index is 380. The Balaban J connectivity index is 1.61. The van der Waals surface area contributed by atoms with E-state index in [0.29, 0.717) is 12.0 Å². The van der Waals surface area contributed by atoms with Crippen molar-refractivity contribution in [1.29, 1.82) is 0 Å². The van der Waals surface area contributed by atoms with Gasteiger partial charge in [0, 0.05) is 18.4 Å². The van der Waals surface area contributed by atoms with Gasteiger partial charge >= 0.3 is 0 Å². The van der Waals surface area contributed by atoms with Gasteiger partial charge in [-0.15, -0.1) is 0 Å². The van der Waals surface area contributed by atoms with E-state index in [1.165, 1.54) is 38.5 Å². The van der Waals surface area contributed by atoms with Gasteiger partial charge in [0.1, 0.15) is 0 Å². The lowest BCUT2D eigenvalue weighted by Gasteiger charge is -2.14. The first-order valence-corrected chi connectivity index (χ1v) is 7.42. The maximum absolute atomic E-state index is 5.43. The average Bonchev–Trinajstić information content (AvgIpc) is 2.90. The molecule has 2 saturated carbocycles. The van der Waals surface area contributed by atoms with Gasteiger partial charge < -0.3 is 9.84 Å². The molecule has 4 nitrogen and oxygen atoms in total. The molecule has 0 saturated heterocycles. The second-order valence-electron chi connectivity index (χ2n) is 5.73. The smallest absolute Gasteiger partial charge is 0.228 e. The Hall–Kier alpha value is -0.900. The van der Waals surface area contributed by atoms with Gasteiger partial charge in [-0.2, -0.15) is 4.98 Å². The molecular weight excluding hydrogens is 226 g/mol. The van der Waals surface area contributed by atoms with Gasteiger partial charge in [0.05, 0.1) is 0 Å². The summed E-state index contributed by atoms with van der Waals surface area (Å²) in [6.07, 6.45) is 8.70. The van der Waals surface area contributed by atoms with Crippen LogP contribution in [0.25, 0.3) is 0 Å². The summed E-state index contributed by atoms with van der Waals surface area (Å²) in [7, 11) is 0. The van der Waals surface area contributed by atoms with Crippen LogP contribution in [-0.4, -0.2) is 22.7 Å². The van der Waals surface area contributed by atoms with Crippen molar-refractivity contribution in [1.82, 2.24) is 15.5 Å². The molecule has 2 aliphatic rings. The Kier molecular flexibility index (Phi) is 3.64. The molecule has 2 aliphatic carbocycles. The van der Waals surface area contributed by atoms with E-state index < -0.39 is 0 Å². The Morgan fingerprint density at radius 1 is 1.28 bits per heavy atom.